The van der Waals surface area contributed by atoms with Crippen molar-refractivity contribution in [3.63, 3.8) is 0 Å². The Morgan fingerprint density at radius 3 is 2.67 bits per heavy atom. The molecule has 2 heterocycles. The first kappa shape index (κ1) is 16.3. The standard InChI is InChI=1S/C18H23N5O/c1-13-10-14(2)23-17(12-20-18(23)21-13)11-19-15-4-6-16(7-5-15)22(3)8-9-24/h4-7,10,12,19,24H,8-9,11H2,1-3H3. The van der Waals surface area contributed by atoms with E-state index >= 15 is 0 Å². The summed E-state index contributed by atoms with van der Waals surface area (Å²) in [5, 5.41) is 12.4. The van der Waals surface area contributed by atoms with Crippen molar-refractivity contribution in [2.24, 2.45) is 0 Å². The Morgan fingerprint density at radius 1 is 1.21 bits per heavy atom. The van der Waals surface area contributed by atoms with Crippen LogP contribution in [0.15, 0.2) is 36.5 Å². The predicted molar refractivity (Wildman–Crippen MR) is 96.6 cm³/mol. The van der Waals surface area contributed by atoms with Crippen LogP contribution < -0.4 is 10.2 Å². The first-order valence-electron chi connectivity index (χ1n) is 8.05. The highest BCUT2D eigenvalue weighted by atomic mass is 16.3. The Labute approximate surface area is 141 Å². The van der Waals surface area contributed by atoms with Gasteiger partial charge in [0.15, 0.2) is 0 Å². The maximum absolute atomic E-state index is 9.00. The van der Waals surface area contributed by atoms with Crippen LogP contribution in [0.1, 0.15) is 17.1 Å². The van der Waals surface area contributed by atoms with Crippen molar-refractivity contribution in [3.8, 4) is 0 Å². The van der Waals surface area contributed by atoms with Gasteiger partial charge in [0.05, 0.1) is 25.0 Å². The normalized spacial score (nSPS) is 11.0. The van der Waals surface area contributed by atoms with Gasteiger partial charge in [0.25, 0.3) is 0 Å². The summed E-state index contributed by atoms with van der Waals surface area (Å²) in [6.45, 7) is 5.50. The van der Waals surface area contributed by atoms with Gasteiger partial charge in [-0.05, 0) is 44.2 Å². The zero-order valence-corrected chi connectivity index (χ0v) is 14.3. The summed E-state index contributed by atoms with van der Waals surface area (Å²) >= 11 is 0. The maximum Gasteiger partial charge on any atom is 0.234 e. The number of fused-ring (bicyclic) bond motifs is 1. The molecule has 6 nitrogen and oxygen atoms in total. The van der Waals surface area contributed by atoms with E-state index in [9.17, 15) is 0 Å². The van der Waals surface area contributed by atoms with Crippen LogP contribution in [0.2, 0.25) is 0 Å². The molecule has 6 heteroatoms. The minimum Gasteiger partial charge on any atom is -0.395 e. The summed E-state index contributed by atoms with van der Waals surface area (Å²) < 4.78 is 2.07. The molecule has 24 heavy (non-hydrogen) atoms. The largest absolute Gasteiger partial charge is 0.395 e. The number of aliphatic hydroxyl groups excluding tert-OH is 1. The van der Waals surface area contributed by atoms with E-state index in [-0.39, 0.29) is 6.61 Å². The van der Waals surface area contributed by atoms with Gasteiger partial charge >= 0.3 is 0 Å². The number of aliphatic hydroxyl groups is 1. The van der Waals surface area contributed by atoms with E-state index in [0.717, 1.165) is 34.2 Å². The van der Waals surface area contributed by atoms with Crippen LogP contribution in [-0.2, 0) is 6.54 Å². The van der Waals surface area contributed by atoms with Gasteiger partial charge in [-0.3, -0.25) is 4.40 Å². The quantitative estimate of drug-likeness (QED) is 0.728. The molecule has 3 rings (SSSR count). The molecule has 2 N–H and O–H groups in total. The average Bonchev–Trinajstić information content (AvgIpc) is 2.96. The lowest BCUT2D eigenvalue weighted by atomic mass is 10.2. The monoisotopic (exact) mass is 325 g/mol. The highest BCUT2D eigenvalue weighted by Crippen LogP contribution is 2.18. The molecule has 1 aromatic carbocycles. The Bertz CT molecular complexity index is 825. The van der Waals surface area contributed by atoms with E-state index in [1.807, 2.05) is 49.3 Å². The van der Waals surface area contributed by atoms with Crippen LogP contribution in [0.3, 0.4) is 0 Å². The van der Waals surface area contributed by atoms with Gasteiger partial charge in [-0.2, -0.15) is 0 Å². The fraction of sp³-hybridized carbons (Fsp3) is 0.333. The van der Waals surface area contributed by atoms with Gasteiger partial charge in [0.2, 0.25) is 5.78 Å². The smallest absolute Gasteiger partial charge is 0.234 e. The van der Waals surface area contributed by atoms with Crippen LogP contribution in [-0.4, -0.2) is 39.7 Å². The van der Waals surface area contributed by atoms with Gasteiger partial charge < -0.3 is 15.3 Å². The lowest BCUT2D eigenvalue weighted by molar-refractivity contribution is 0.304. The van der Waals surface area contributed by atoms with Crippen LogP contribution in [0, 0.1) is 13.8 Å². The molecule has 0 aliphatic carbocycles. The van der Waals surface area contributed by atoms with Crippen molar-refractivity contribution in [1.29, 1.82) is 0 Å². The number of hydrogen-bond donors (Lipinski definition) is 2. The van der Waals surface area contributed by atoms with E-state index in [0.29, 0.717) is 13.1 Å². The molecule has 0 spiro atoms. The van der Waals surface area contributed by atoms with Gasteiger partial charge in [-0.1, -0.05) is 0 Å². The van der Waals surface area contributed by atoms with E-state index < -0.39 is 0 Å². The van der Waals surface area contributed by atoms with Gasteiger partial charge in [-0.25, -0.2) is 9.97 Å². The molecule has 0 aliphatic heterocycles. The molecule has 0 unspecified atom stereocenters. The second kappa shape index (κ2) is 6.88. The molecular formula is C18H23N5O. The Balaban J connectivity index is 1.72. The highest BCUT2D eigenvalue weighted by Gasteiger charge is 2.07. The van der Waals surface area contributed by atoms with Gasteiger partial charge in [0.1, 0.15) is 0 Å². The summed E-state index contributed by atoms with van der Waals surface area (Å²) in [6.07, 6.45) is 1.87. The fourth-order valence-electron chi connectivity index (χ4n) is 2.83. The van der Waals surface area contributed by atoms with Gasteiger partial charge in [0, 0.05) is 36.4 Å². The summed E-state index contributed by atoms with van der Waals surface area (Å²) in [5.74, 6) is 0.741. The van der Waals surface area contributed by atoms with Gasteiger partial charge in [-0.15, -0.1) is 0 Å². The zero-order chi connectivity index (χ0) is 17.1. The van der Waals surface area contributed by atoms with Crippen molar-refractivity contribution in [3.05, 3.63) is 53.6 Å². The molecular weight excluding hydrogens is 302 g/mol. The lowest BCUT2D eigenvalue weighted by Gasteiger charge is -2.18. The number of nitrogens with one attached hydrogen (secondary N) is 1. The molecule has 126 valence electrons. The summed E-state index contributed by atoms with van der Waals surface area (Å²) in [7, 11) is 1.97. The molecule has 3 aromatic rings. The Kier molecular flexibility index (Phi) is 4.66. The van der Waals surface area contributed by atoms with Crippen LogP contribution >= 0.6 is 0 Å². The van der Waals surface area contributed by atoms with Crippen LogP contribution in [0.25, 0.3) is 5.78 Å². The molecule has 0 amide bonds. The van der Waals surface area contributed by atoms with Crippen molar-refractivity contribution < 1.29 is 5.11 Å². The molecule has 0 aliphatic rings. The summed E-state index contributed by atoms with van der Waals surface area (Å²) in [5.41, 5.74) is 5.32. The predicted octanol–water partition coefficient (Wildman–Crippen LogP) is 2.39. The third kappa shape index (κ3) is 3.33. The summed E-state index contributed by atoms with van der Waals surface area (Å²) in [4.78, 5) is 10.9. The second-order valence-electron chi connectivity index (χ2n) is 5.97. The molecule has 0 saturated heterocycles. The van der Waals surface area contributed by atoms with E-state index in [2.05, 4.69) is 32.7 Å². The number of likely N-dealkylation sites (N-methyl/N-ethyl adjacent to an activating group) is 1. The second-order valence-corrected chi connectivity index (χ2v) is 5.97. The molecule has 0 saturated carbocycles. The van der Waals surface area contributed by atoms with E-state index in [4.69, 9.17) is 5.11 Å². The zero-order valence-electron chi connectivity index (χ0n) is 14.3. The maximum atomic E-state index is 9.00. The highest BCUT2D eigenvalue weighted by molar-refractivity contribution is 5.55. The number of aromatic nitrogens is 3. The Hall–Kier alpha value is -2.60. The number of benzene rings is 1. The number of anilines is 2. The van der Waals surface area contributed by atoms with Crippen molar-refractivity contribution >= 4 is 17.2 Å². The number of imidazole rings is 1. The number of aryl methyl sites for hydroxylation is 2. The number of hydrogen-bond acceptors (Lipinski definition) is 5. The molecule has 0 fully saturated rings. The van der Waals surface area contributed by atoms with Crippen molar-refractivity contribution in [1.82, 2.24) is 14.4 Å². The topological polar surface area (TPSA) is 65.7 Å². The average molecular weight is 325 g/mol. The first-order chi connectivity index (χ1) is 11.6. The number of nitrogens with zero attached hydrogens (tertiary/aromatic N) is 4. The van der Waals surface area contributed by atoms with E-state index in [1.165, 1.54) is 0 Å². The minimum absolute atomic E-state index is 0.150. The van der Waals surface area contributed by atoms with E-state index in [1.54, 1.807) is 0 Å². The molecule has 2 aromatic heterocycles. The SMILES string of the molecule is Cc1cc(C)n2c(CNc3ccc(N(C)CCO)cc3)cnc2n1. The minimum atomic E-state index is 0.150. The fourth-order valence-corrected chi connectivity index (χ4v) is 2.83. The van der Waals surface area contributed by atoms with Crippen LogP contribution in [0.5, 0.6) is 0 Å². The third-order valence-corrected chi connectivity index (χ3v) is 4.08. The van der Waals surface area contributed by atoms with Crippen LogP contribution in [0.4, 0.5) is 11.4 Å². The molecule has 0 radical (unpaired) electrons. The first-order valence-corrected chi connectivity index (χ1v) is 8.05. The third-order valence-electron chi connectivity index (χ3n) is 4.08. The Morgan fingerprint density at radius 2 is 1.96 bits per heavy atom. The summed E-state index contributed by atoms with van der Waals surface area (Å²) in [6, 6.07) is 10.2. The van der Waals surface area contributed by atoms with Crippen molar-refractivity contribution in [2.75, 3.05) is 30.4 Å². The van der Waals surface area contributed by atoms with Crippen molar-refractivity contribution in [2.45, 2.75) is 20.4 Å². The lowest BCUT2D eigenvalue weighted by Crippen LogP contribution is -2.20. The molecule has 0 bridgehead atoms. The number of rotatable bonds is 6. The molecule has 0 atom stereocenters.